The number of benzene rings is 2. The molecule has 7 nitrogen and oxygen atoms in total. The van der Waals surface area contributed by atoms with E-state index in [2.05, 4.69) is 22.8 Å². The maximum absolute atomic E-state index is 13.2. The highest BCUT2D eigenvalue weighted by molar-refractivity contribution is 7.89. The Hall–Kier alpha value is -2.58. The topological polar surface area (TPSA) is 81.8 Å². The third kappa shape index (κ3) is 5.23. The van der Waals surface area contributed by atoms with Gasteiger partial charge in [-0.2, -0.15) is 4.31 Å². The van der Waals surface area contributed by atoms with Gasteiger partial charge in [-0.05, 0) is 68.4 Å². The van der Waals surface area contributed by atoms with Crippen LogP contribution in [0.4, 0.5) is 11.4 Å². The monoisotopic (exact) mass is 484 g/mol. The Bertz CT molecular complexity index is 1130. The van der Waals surface area contributed by atoms with Crippen molar-refractivity contribution in [1.29, 1.82) is 0 Å². The molecule has 2 aromatic rings. The van der Waals surface area contributed by atoms with E-state index in [1.165, 1.54) is 11.1 Å². The van der Waals surface area contributed by atoms with Gasteiger partial charge in [0.1, 0.15) is 6.04 Å². The number of anilines is 2. The molecule has 2 atom stereocenters. The molecule has 2 unspecified atom stereocenters. The van der Waals surface area contributed by atoms with Crippen LogP contribution >= 0.6 is 0 Å². The average Bonchev–Trinajstić information content (AvgIpc) is 2.84. The standard InChI is InChI=1S/C26H36N4O3S/c1-19(26(31)28-23-13-9-11-20-10-5-6-12-22(20)23)27-24-18-21(14-15-25(24)29(2)3)34(32,33)30-16-7-4-8-17-30/h5-6,10,12,14-15,18-19,23,27H,4,7-9,11,13,16-17H2,1-3H3,(H,28,31). The number of sulfonamides is 1. The van der Waals surface area contributed by atoms with Crippen LogP contribution in [0.2, 0.25) is 0 Å². The SMILES string of the molecule is CC(Nc1cc(S(=O)(=O)N2CCCCC2)ccc1N(C)C)C(=O)NC1CCCc2ccccc21. The summed E-state index contributed by atoms with van der Waals surface area (Å²) in [6, 6.07) is 12.9. The number of hydrogen-bond donors (Lipinski definition) is 2. The Kier molecular flexibility index (Phi) is 7.48. The van der Waals surface area contributed by atoms with Crippen molar-refractivity contribution >= 4 is 27.3 Å². The van der Waals surface area contributed by atoms with E-state index in [-0.39, 0.29) is 16.8 Å². The normalized spacial score (nSPS) is 19.7. The number of amides is 1. The van der Waals surface area contributed by atoms with Crippen LogP contribution in [0.1, 0.15) is 56.2 Å². The lowest BCUT2D eigenvalue weighted by Gasteiger charge is -2.29. The van der Waals surface area contributed by atoms with Gasteiger partial charge in [-0.25, -0.2) is 8.42 Å². The Labute approximate surface area is 203 Å². The molecule has 0 bridgehead atoms. The highest BCUT2D eigenvalue weighted by atomic mass is 32.2. The number of fused-ring (bicyclic) bond motifs is 1. The van der Waals surface area contributed by atoms with Gasteiger partial charge in [0.2, 0.25) is 15.9 Å². The minimum Gasteiger partial charge on any atom is -0.376 e. The van der Waals surface area contributed by atoms with Gasteiger partial charge in [0, 0.05) is 27.2 Å². The van der Waals surface area contributed by atoms with Crippen LogP contribution < -0.4 is 15.5 Å². The summed E-state index contributed by atoms with van der Waals surface area (Å²) >= 11 is 0. The molecule has 1 aliphatic carbocycles. The number of rotatable bonds is 7. The third-order valence-corrected chi connectivity index (χ3v) is 8.75. The van der Waals surface area contributed by atoms with Gasteiger partial charge >= 0.3 is 0 Å². The Morgan fingerprint density at radius 1 is 1.06 bits per heavy atom. The van der Waals surface area contributed by atoms with Gasteiger partial charge in [-0.15, -0.1) is 0 Å². The predicted octanol–water partition coefficient (Wildman–Crippen LogP) is 3.92. The van der Waals surface area contributed by atoms with E-state index in [0.717, 1.165) is 44.2 Å². The molecule has 0 radical (unpaired) electrons. The van der Waals surface area contributed by atoms with Gasteiger partial charge in [-0.3, -0.25) is 4.79 Å². The molecule has 2 N–H and O–H groups in total. The van der Waals surface area contributed by atoms with E-state index in [0.29, 0.717) is 18.8 Å². The molecule has 8 heteroatoms. The Balaban J connectivity index is 1.53. The number of hydrogen-bond acceptors (Lipinski definition) is 5. The number of carbonyl (C=O) groups is 1. The van der Waals surface area contributed by atoms with Gasteiger partial charge in [0.05, 0.1) is 22.3 Å². The summed E-state index contributed by atoms with van der Waals surface area (Å²) in [6.07, 6.45) is 5.85. The number of carbonyl (C=O) groups excluding carboxylic acids is 1. The van der Waals surface area contributed by atoms with E-state index in [9.17, 15) is 13.2 Å². The molecule has 1 saturated heterocycles. The molecule has 0 saturated carbocycles. The maximum Gasteiger partial charge on any atom is 0.243 e. The highest BCUT2D eigenvalue weighted by Crippen LogP contribution is 2.32. The number of nitrogens with zero attached hydrogens (tertiary/aromatic N) is 2. The van der Waals surface area contributed by atoms with E-state index in [4.69, 9.17) is 0 Å². The summed E-state index contributed by atoms with van der Waals surface area (Å²) in [7, 11) is 0.247. The summed E-state index contributed by atoms with van der Waals surface area (Å²) in [5.74, 6) is -0.101. The molecular formula is C26H36N4O3S. The van der Waals surface area contributed by atoms with E-state index < -0.39 is 16.1 Å². The van der Waals surface area contributed by atoms with Crippen LogP contribution in [0.15, 0.2) is 47.4 Å². The molecule has 2 aromatic carbocycles. The fraction of sp³-hybridized carbons (Fsp3) is 0.500. The fourth-order valence-electron chi connectivity index (χ4n) is 4.93. The van der Waals surface area contributed by atoms with Crippen molar-refractivity contribution in [2.75, 3.05) is 37.4 Å². The van der Waals surface area contributed by atoms with Crippen LogP contribution in [-0.4, -0.2) is 51.9 Å². The summed E-state index contributed by atoms with van der Waals surface area (Å²) in [4.78, 5) is 15.3. The van der Waals surface area contributed by atoms with Crippen LogP contribution in [0.5, 0.6) is 0 Å². The first-order valence-electron chi connectivity index (χ1n) is 12.2. The first-order valence-corrected chi connectivity index (χ1v) is 13.7. The zero-order valence-electron chi connectivity index (χ0n) is 20.4. The fourth-order valence-corrected chi connectivity index (χ4v) is 6.48. The van der Waals surface area contributed by atoms with Gasteiger partial charge in [-0.1, -0.05) is 30.7 Å². The van der Waals surface area contributed by atoms with Crippen molar-refractivity contribution in [1.82, 2.24) is 9.62 Å². The zero-order chi connectivity index (χ0) is 24.3. The van der Waals surface area contributed by atoms with E-state index in [1.807, 2.05) is 38.1 Å². The average molecular weight is 485 g/mol. The van der Waals surface area contributed by atoms with Gasteiger partial charge in [0.25, 0.3) is 0 Å². The van der Waals surface area contributed by atoms with Crippen LogP contribution in [0.3, 0.4) is 0 Å². The lowest BCUT2D eigenvalue weighted by Crippen LogP contribution is -2.40. The molecule has 4 rings (SSSR count). The quantitative estimate of drug-likeness (QED) is 0.623. The molecule has 1 heterocycles. The lowest BCUT2D eigenvalue weighted by atomic mass is 9.87. The smallest absolute Gasteiger partial charge is 0.243 e. The van der Waals surface area contributed by atoms with Gasteiger partial charge < -0.3 is 15.5 Å². The van der Waals surface area contributed by atoms with Crippen LogP contribution in [0, 0.1) is 0 Å². The molecule has 184 valence electrons. The third-order valence-electron chi connectivity index (χ3n) is 6.85. The molecule has 2 aliphatic rings. The molecule has 1 amide bonds. The summed E-state index contributed by atoms with van der Waals surface area (Å²) < 4.78 is 28.0. The highest BCUT2D eigenvalue weighted by Gasteiger charge is 2.28. The van der Waals surface area contributed by atoms with Crippen molar-refractivity contribution < 1.29 is 13.2 Å². The van der Waals surface area contributed by atoms with Crippen LogP contribution in [0.25, 0.3) is 0 Å². The Morgan fingerprint density at radius 2 is 1.79 bits per heavy atom. The molecular weight excluding hydrogens is 448 g/mol. The summed E-state index contributed by atoms with van der Waals surface area (Å²) in [5.41, 5.74) is 3.96. The second kappa shape index (κ2) is 10.4. The predicted molar refractivity (Wildman–Crippen MR) is 137 cm³/mol. The van der Waals surface area contributed by atoms with Crippen molar-refractivity contribution in [2.45, 2.75) is 62.4 Å². The first-order chi connectivity index (χ1) is 16.3. The van der Waals surface area contributed by atoms with Crippen molar-refractivity contribution in [3.63, 3.8) is 0 Å². The van der Waals surface area contributed by atoms with Crippen molar-refractivity contribution in [3.05, 3.63) is 53.6 Å². The molecule has 1 aliphatic heterocycles. The number of nitrogens with one attached hydrogen (secondary N) is 2. The molecule has 0 aromatic heterocycles. The second-order valence-corrected chi connectivity index (χ2v) is 11.5. The molecule has 0 spiro atoms. The van der Waals surface area contributed by atoms with Crippen molar-refractivity contribution in [3.8, 4) is 0 Å². The molecule has 1 fully saturated rings. The van der Waals surface area contributed by atoms with Crippen molar-refractivity contribution in [2.24, 2.45) is 0 Å². The lowest BCUT2D eigenvalue weighted by molar-refractivity contribution is -0.122. The molecule has 34 heavy (non-hydrogen) atoms. The minimum absolute atomic E-state index is 0.000771. The largest absolute Gasteiger partial charge is 0.376 e. The van der Waals surface area contributed by atoms with E-state index in [1.54, 1.807) is 22.5 Å². The second-order valence-electron chi connectivity index (χ2n) is 9.56. The van der Waals surface area contributed by atoms with E-state index >= 15 is 0 Å². The van der Waals surface area contributed by atoms with Crippen LogP contribution in [-0.2, 0) is 21.2 Å². The number of piperidine rings is 1. The minimum atomic E-state index is -3.56. The van der Waals surface area contributed by atoms with Gasteiger partial charge in [0.15, 0.2) is 0 Å². The Morgan fingerprint density at radius 3 is 2.53 bits per heavy atom. The first kappa shape index (κ1) is 24.5. The summed E-state index contributed by atoms with van der Waals surface area (Å²) in [6.45, 7) is 2.93. The number of aryl methyl sites for hydroxylation is 1. The summed E-state index contributed by atoms with van der Waals surface area (Å²) in [5, 5.41) is 6.48. The zero-order valence-corrected chi connectivity index (χ0v) is 21.2. The maximum atomic E-state index is 13.2.